The third-order valence-corrected chi connectivity index (χ3v) is 3.96. The summed E-state index contributed by atoms with van der Waals surface area (Å²) in [6.07, 6.45) is 8.77. The van der Waals surface area contributed by atoms with Gasteiger partial charge in [-0.05, 0) is 18.2 Å². The molecule has 5 nitrogen and oxygen atoms in total. The number of aromatic nitrogens is 2. The lowest BCUT2D eigenvalue weighted by Crippen LogP contribution is -2.49. The molecule has 0 saturated carbocycles. The van der Waals surface area contributed by atoms with Gasteiger partial charge in [0.05, 0.1) is 12.4 Å². The van der Waals surface area contributed by atoms with Crippen LogP contribution in [0.2, 0.25) is 0 Å². The van der Waals surface area contributed by atoms with Crippen LogP contribution < -0.4 is 0 Å². The number of likely N-dealkylation sites (tertiary alicyclic amines) is 1. The van der Waals surface area contributed by atoms with Crippen LogP contribution in [0.1, 0.15) is 11.8 Å². The Morgan fingerprint density at radius 1 is 1.32 bits per heavy atom. The molecule has 0 aliphatic carbocycles. The maximum atomic E-state index is 12.1. The average Bonchev–Trinajstić information content (AvgIpc) is 3.12. The van der Waals surface area contributed by atoms with Crippen LogP contribution in [0.4, 0.5) is 0 Å². The second-order valence-electron chi connectivity index (χ2n) is 5.43. The molecule has 0 N–H and O–H groups in total. The van der Waals surface area contributed by atoms with Crippen molar-refractivity contribution in [2.45, 2.75) is 6.04 Å². The number of hydrogen-bond acceptors (Lipinski definition) is 3. The van der Waals surface area contributed by atoms with Gasteiger partial charge in [-0.3, -0.25) is 4.79 Å². The van der Waals surface area contributed by atoms with Gasteiger partial charge in [-0.15, -0.1) is 0 Å². The van der Waals surface area contributed by atoms with Gasteiger partial charge in [0.15, 0.2) is 0 Å². The summed E-state index contributed by atoms with van der Waals surface area (Å²) in [6, 6.07) is 10.1. The van der Waals surface area contributed by atoms with Crippen molar-refractivity contribution >= 4 is 23.0 Å². The standard InChI is InChI=1S/C17H15N3O2/c21-17(20-10-14(11-20)19-8-7-18-12-19)6-5-15-9-13-3-1-2-4-16(13)22-15/h1-9,12,14H,10-11H2/b6-5+. The summed E-state index contributed by atoms with van der Waals surface area (Å²) < 4.78 is 7.69. The third-order valence-electron chi connectivity index (χ3n) is 3.96. The Labute approximate surface area is 127 Å². The minimum absolute atomic E-state index is 0.0109. The fourth-order valence-corrected chi connectivity index (χ4v) is 2.65. The second kappa shape index (κ2) is 5.18. The van der Waals surface area contributed by atoms with E-state index in [0.717, 1.165) is 24.1 Å². The van der Waals surface area contributed by atoms with Gasteiger partial charge in [0, 0.05) is 36.9 Å². The van der Waals surface area contributed by atoms with Crippen LogP contribution in [0.25, 0.3) is 17.0 Å². The molecule has 0 radical (unpaired) electrons. The lowest BCUT2D eigenvalue weighted by atomic mass is 10.1. The number of nitrogens with zero attached hydrogens (tertiary/aromatic N) is 3. The molecule has 5 heteroatoms. The van der Waals surface area contributed by atoms with Crippen LogP contribution in [0.3, 0.4) is 0 Å². The number of amides is 1. The third kappa shape index (κ3) is 2.30. The molecule has 3 aromatic rings. The minimum Gasteiger partial charge on any atom is -0.457 e. The molecule has 22 heavy (non-hydrogen) atoms. The first-order chi connectivity index (χ1) is 10.8. The number of furan rings is 1. The van der Waals surface area contributed by atoms with Crippen LogP contribution >= 0.6 is 0 Å². The number of fused-ring (bicyclic) bond motifs is 1. The van der Waals surface area contributed by atoms with Gasteiger partial charge in [-0.25, -0.2) is 4.98 Å². The predicted octanol–water partition coefficient (Wildman–Crippen LogP) is 2.73. The number of rotatable bonds is 3. The van der Waals surface area contributed by atoms with E-state index in [2.05, 4.69) is 4.98 Å². The normalized spacial score (nSPS) is 15.5. The zero-order chi connectivity index (χ0) is 14.9. The molecule has 1 fully saturated rings. The van der Waals surface area contributed by atoms with Crippen LogP contribution in [0.5, 0.6) is 0 Å². The molecule has 1 saturated heterocycles. The number of carbonyl (C=O) groups excluding carboxylic acids is 1. The fraction of sp³-hybridized carbons (Fsp3) is 0.176. The van der Waals surface area contributed by atoms with Gasteiger partial charge in [0.1, 0.15) is 11.3 Å². The van der Waals surface area contributed by atoms with Crippen molar-refractivity contribution < 1.29 is 9.21 Å². The van der Waals surface area contributed by atoms with Crippen molar-refractivity contribution in [1.29, 1.82) is 0 Å². The summed E-state index contributed by atoms with van der Waals surface area (Å²) in [5, 5.41) is 1.04. The topological polar surface area (TPSA) is 51.3 Å². The molecule has 0 atom stereocenters. The van der Waals surface area contributed by atoms with Crippen molar-refractivity contribution in [1.82, 2.24) is 14.5 Å². The summed E-state index contributed by atoms with van der Waals surface area (Å²) in [7, 11) is 0. The monoisotopic (exact) mass is 293 g/mol. The maximum absolute atomic E-state index is 12.1. The highest BCUT2D eigenvalue weighted by Crippen LogP contribution is 2.22. The zero-order valence-corrected chi connectivity index (χ0v) is 11.9. The quantitative estimate of drug-likeness (QED) is 0.698. The molecule has 0 bridgehead atoms. The Hall–Kier alpha value is -2.82. The lowest BCUT2D eigenvalue weighted by Gasteiger charge is -2.39. The van der Waals surface area contributed by atoms with Gasteiger partial charge in [-0.2, -0.15) is 0 Å². The zero-order valence-electron chi connectivity index (χ0n) is 11.9. The SMILES string of the molecule is O=C(/C=C/c1cc2ccccc2o1)N1CC(n2ccnc2)C1. The summed E-state index contributed by atoms with van der Waals surface area (Å²) in [6.45, 7) is 1.44. The molecule has 1 amide bonds. The Morgan fingerprint density at radius 2 is 2.18 bits per heavy atom. The Kier molecular flexibility index (Phi) is 3.04. The summed E-state index contributed by atoms with van der Waals surface area (Å²) in [5.41, 5.74) is 0.832. The molecule has 2 aromatic heterocycles. The van der Waals surface area contributed by atoms with E-state index >= 15 is 0 Å². The van der Waals surface area contributed by atoms with Crippen LogP contribution in [0.15, 0.2) is 59.5 Å². The van der Waals surface area contributed by atoms with Gasteiger partial charge in [0.25, 0.3) is 0 Å². The minimum atomic E-state index is 0.0109. The van der Waals surface area contributed by atoms with E-state index < -0.39 is 0 Å². The van der Waals surface area contributed by atoms with Crippen LogP contribution in [0, 0.1) is 0 Å². The van der Waals surface area contributed by atoms with Crippen molar-refractivity contribution in [3.05, 3.63) is 60.9 Å². The number of para-hydroxylation sites is 1. The number of benzene rings is 1. The van der Waals surface area contributed by atoms with E-state index in [-0.39, 0.29) is 5.91 Å². The largest absolute Gasteiger partial charge is 0.457 e. The molecule has 1 aliphatic heterocycles. The first-order valence-electron chi connectivity index (χ1n) is 7.22. The highest BCUT2D eigenvalue weighted by molar-refractivity contribution is 5.92. The van der Waals surface area contributed by atoms with E-state index in [1.54, 1.807) is 24.7 Å². The molecular formula is C17H15N3O2. The van der Waals surface area contributed by atoms with Crippen LogP contribution in [-0.2, 0) is 4.79 Å². The number of carbonyl (C=O) groups is 1. The summed E-state index contributed by atoms with van der Waals surface area (Å²) in [4.78, 5) is 17.9. The number of imidazole rings is 1. The van der Waals surface area contributed by atoms with E-state index in [1.807, 2.05) is 46.0 Å². The second-order valence-corrected chi connectivity index (χ2v) is 5.43. The molecule has 4 rings (SSSR count). The highest BCUT2D eigenvalue weighted by Gasteiger charge is 2.30. The van der Waals surface area contributed by atoms with Gasteiger partial charge >= 0.3 is 0 Å². The molecule has 0 unspecified atom stereocenters. The molecular weight excluding hydrogens is 278 g/mol. The first kappa shape index (κ1) is 12.9. The van der Waals surface area contributed by atoms with Gasteiger partial charge < -0.3 is 13.9 Å². The summed E-state index contributed by atoms with van der Waals surface area (Å²) >= 11 is 0. The Balaban J connectivity index is 1.40. The summed E-state index contributed by atoms with van der Waals surface area (Å²) in [5.74, 6) is 0.707. The van der Waals surface area contributed by atoms with Crippen molar-refractivity contribution in [2.24, 2.45) is 0 Å². The van der Waals surface area contributed by atoms with E-state index in [0.29, 0.717) is 11.8 Å². The van der Waals surface area contributed by atoms with E-state index in [4.69, 9.17) is 4.42 Å². The average molecular weight is 293 g/mol. The molecule has 1 aromatic carbocycles. The van der Waals surface area contributed by atoms with Gasteiger partial charge in [-0.1, -0.05) is 18.2 Å². The van der Waals surface area contributed by atoms with Crippen LogP contribution in [-0.4, -0.2) is 33.4 Å². The van der Waals surface area contributed by atoms with Gasteiger partial charge in [0.2, 0.25) is 5.91 Å². The highest BCUT2D eigenvalue weighted by atomic mass is 16.3. The molecule has 110 valence electrons. The van der Waals surface area contributed by atoms with Crippen molar-refractivity contribution in [3.63, 3.8) is 0 Å². The lowest BCUT2D eigenvalue weighted by molar-refractivity contribution is -0.131. The molecule has 0 spiro atoms. The van der Waals surface area contributed by atoms with Crippen molar-refractivity contribution in [2.75, 3.05) is 13.1 Å². The van der Waals surface area contributed by atoms with E-state index in [9.17, 15) is 4.79 Å². The maximum Gasteiger partial charge on any atom is 0.246 e. The Bertz CT molecular complexity index is 794. The molecule has 3 heterocycles. The number of hydrogen-bond donors (Lipinski definition) is 0. The van der Waals surface area contributed by atoms with Crippen molar-refractivity contribution in [3.8, 4) is 0 Å². The fourth-order valence-electron chi connectivity index (χ4n) is 2.65. The first-order valence-corrected chi connectivity index (χ1v) is 7.22. The Morgan fingerprint density at radius 3 is 2.95 bits per heavy atom. The molecule has 1 aliphatic rings. The smallest absolute Gasteiger partial charge is 0.246 e. The predicted molar refractivity (Wildman–Crippen MR) is 83.1 cm³/mol. The van der Waals surface area contributed by atoms with E-state index in [1.165, 1.54) is 0 Å².